The van der Waals surface area contributed by atoms with E-state index in [0.29, 0.717) is 6.42 Å². The van der Waals surface area contributed by atoms with Gasteiger partial charge in [-0.1, -0.05) is 32.5 Å². The molecule has 0 aromatic rings. The molecule has 0 fully saturated rings. The summed E-state index contributed by atoms with van der Waals surface area (Å²) < 4.78 is 0. The molecule has 11 heavy (non-hydrogen) atoms. The molecule has 0 bridgehead atoms. The number of hydrogen-bond acceptors (Lipinski definition) is 1. The predicted octanol–water partition coefficient (Wildman–Crippen LogP) is 2.03. The van der Waals surface area contributed by atoms with Crippen molar-refractivity contribution in [2.75, 3.05) is 0 Å². The molecular weight excluding hydrogens is 152 g/mol. The van der Waals surface area contributed by atoms with Crippen LogP contribution in [0.5, 0.6) is 0 Å². The van der Waals surface area contributed by atoms with E-state index in [9.17, 15) is 5.11 Å². The lowest BCUT2D eigenvalue weighted by molar-refractivity contribution is 0.118. The molecule has 64 valence electrons. The molecule has 0 aromatic heterocycles. The van der Waals surface area contributed by atoms with E-state index in [1.807, 2.05) is 6.92 Å². The fourth-order valence-electron chi connectivity index (χ4n) is 0.411. The Morgan fingerprint density at radius 3 is 2.09 bits per heavy atom. The van der Waals surface area contributed by atoms with Gasteiger partial charge in [-0.15, -0.1) is 5.54 Å². The topological polar surface area (TPSA) is 20.2 Å². The second-order valence-corrected chi connectivity index (χ2v) is 8.88. The maximum Gasteiger partial charge on any atom is 0.129 e. The summed E-state index contributed by atoms with van der Waals surface area (Å²) in [5, 5.41) is 9.54. The lowest BCUT2D eigenvalue weighted by atomic mass is 10.1. The summed E-state index contributed by atoms with van der Waals surface area (Å²) in [4.78, 5) is 0. The van der Waals surface area contributed by atoms with Gasteiger partial charge >= 0.3 is 0 Å². The zero-order valence-corrected chi connectivity index (χ0v) is 9.15. The van der Waals surface area contributed by atoms with E-state index >= 15 is 0 Å². The predicted molar refractivity (Wildman–Crippen MR) is 52.0 cm³/mol. The van der Waals surface area contributed by atoms with E-state index in [4.69, 9.17) is 0 Å². The highest BCUT2D eigenvalue weighted by atomic mass is 28.3. The Kier molecular flexibility index (Phi) is 3.34. The monoisotopic (exact) mass is 170 g/mol. The summed E-state index contributed by atoms with van der Waals surface area (Å²) in [6.07, 6.45) is 0.699. The molecule has 0 heterocycles. The first kappa shape index (κ1) is 10.7. The summed E-state index contributed by atoms with van der Waals surface area (Å²) >= 11 is 0. The molecule has 1 unspecified atom stereocenters. The van der Waals surface area contributed by atoms with E-state index in [2.05, 4.69) is 31.1 Å². The first-order valence-electron chi connectivity index (χ1n) is 4.03. The maximum atomic E-state index is 9.54. The highest BCUT2D eigenvalue weighted by Gasteiger charge is 2.15. The van der Waals surface area contributed by atoms with E-state index in [1.165, 1.54) is 0 Å². The van der Waals surface area contributed by atoms with Gasteiger partial charge in [-0.3, -0.25) is 0 Å². The van der Waals surface area contributed by atoms with Gasteiger partial charge in [0.25, 0.3) is 0 Å². The third-order valence-corrected chi connectivity index (χ3v) is 2.27. The van der Waals surface area contributed by atoms with Crippen molar-refractivity contribution in [1.82, 2.24) is 0 Å². The molecule has 0 saturated heterocycles. The largest absolute Gasteiger partial charge is 0.378 e. The van der Waals surface area contributed by atoms with Gasteiger partial charge in [0.05, 0.1) is 0 Å². The fraction of sp³-hybridized carbons (Fsp3) is 0.778. The van der Waals surface area contributed by atoms with Crippen LogP contribution in [0, 0.1) is 11.5 Å². The molecule has 0 aliphatic heterocycles. The van der Waals surface area contributed by atoms with Crippen LogP contribution in [0.25, 0.3) is 0 Å². The van der Waals surface area contributed by atoms with Gasteiger partial charge in [0.1, 0.15) is 13.7 Å². The molecule has 0 spiro atoms. The second kappa shape index (κ2) is 3.42. The summed E-state index contributed by atoms with van der Waals surface area (Å²) in [5.74, 6) is 2.92. The Morgan fingerprint density at radius 1 is 1.36 bits per heavy atom. The smallest absolute Gasteiger partial charge is 0.129 e. The number of rotatable bonds is 1. The molecule has 1 nitrogen and oxygen atoms in total. The highest BCUT2D eigenvalue weighted by molar-refractivity contribution is 6.83. The lowest BCUT2D eigenvalue weighted by Crippen LogP contribution is -2.23. The quantitative estimate of drug-likeness (QED) is 0.471. The van der Waals surface area contributed by atoms with Gasteiger partial charge in [-0.25, -0.2) is 0 Å². The summed E-state index contributed by atoms with van der Waals surface area (Å²) in [7, 11) is -1.30. The van der Waals surface area contributed by atoms with Crippen LogP contribution in [-0.4, -0.2) is 18.8 Å². The van der Waals surface area contributed by atoms with Crippen molar-refractivity contribution < 1.29 is 5.11 Å². The van der Waals surface area contributed by atoms with Crippen molar-refractivity contribution in [2.45, 2.75) is 45.5 Å². The minimum absolute atomic E-state index is 0.699. The number of hydrogen-bond donors (Lipinski definition) is 1. The van der Waals surface area contributed by atoms with Crippen LogP contribution in [0.4, 0.5) is 0 Å². The molecule has 0 aromatic carbocycles. The lowest BCUT2D eigenvalue weighted by Gasteiger charge is -2.14. The summed E-state index contributed by atoms with van der Waals surface area (Å²) in [5.41, 5.74) is 2.37. The zero-order chi connectivity index (χ0) is 9.12. The Morgan fingerprint density at radius 2 is 1.82 bits per heavy atom. The molecule has 2 heteroatoms. The van der Waals surface area contributed by atoms with Crippen LogP contribution in [0.1, 0.15) is 20.3 Å². The Balaban J connectivity index is 4.29. The van der Waals surface area contributed by atoms with Crippen LogP contribution in [0.3, 0.4) is 0 Å². The maximum absolute atomic E-state index is 9.54. The van der Waals surface area contributed by atoms with Crippen molar-refractivity contribution in [2.24, 2.45) is 0 Å². The van der Waals surface area contributed by atoms with Crippen molar-refractivity contribution in [3.63, 3.8) is 0 Å². The molecule has 0 amide bonds. The molecule has 0 aliphatic carbocycles. The first-order valence-corrected chi connectivity index (χ1v) is 7.53. The average molecular weight is 170 g/mol. The number of aliphatic hydroxyl groups is 1. The molecule has 0 rings (SSSR count). The van der Waals surface area contributed by atoms with E-state index < -0.39 is 13.7 Å². The van der Waals surface area contributed by atoms with Gasteiger partial charge in [0, 0.05) is 0 Å². The molecule has 1 N–H and O–H groups in total. The second-order valence-electron chi connectivity index (χ2n) is 4.13. The normalized spacial score (nSPS) is 16.5. The minimum Gasteiger partial charge on any atom is -0.378 e. The molecule has 0 aliphatic rings. The van der Waals surface area contributed by atoms with E-state index in [0.717, 1.165) is 0 Å². The van der Waals surface area contributed by atoms with Crippen LogP contribution >= 0.6 is 0 Å². The third kappa shape index (κ3) is 6.15. The average Bonchev–Trinajstić information content (AvgIpc) is 1.83. The van der Waals surface area contributed by atoms with Crippen LogP contribution in [0.2, 0.25) is 19.6 Å². The van der Waals surface area contributed by atoms with E-state index in [1.54, 1.807) is 6.92 Å². The third-order valence-electron chi connectivity index (χ3n) is 1.40. The van der Waals surface area contributed by atoms with Crippen LogP contribution < -0.4 is 0 Å². The highest BCUT2D eigenvalue weighted by Crippen LogP contribution is 2.07. The van der Waals surface area contributed by atoms with Gasteiger partial charge in [-0.05, 0) is 13.3 Å². The first-order chi connectivity index (χ1) is 4.77. The van der Waals surface area contributed by atoms with Crippen molar-refractivity contribution in [1.29, 1.82) is 0 Å². The van der Waals surface area contributed by atoms with Crippen molar-refractivity contribution >= 4 is 8.07 Å². The van der Waals surface area contributed by atoms with Crippen LogP contribution in [0.15, 0.2) is 0 Å². The van der Waals surface area contributed by atoms with Gasteiger partial charge < -0.3 is 5.11 Å². The van der Waals surface area contributed by atoms with Gasteiger partial charge in [0.2, 0.25) is 0 Å². The molecule has 1 atom stereocenters. The Labute approximate surface area is 70.8 Å². The molecule has 0 saturated carbocycles. The van der Waals surface area contributed by atoms with Gasteiger partial charge in [-0.2, -0.15) is 0 Å². The Bertz CT molecular complexity index is 178. The van der Waals surface area contributed by atoms with Crippen LogP contribution in [-0.2, 0) is 0 Å². The standard InChI is InChI=1S/C9H18OSi/c1-6-9(2,10)7-8-11(3,4)5/h10H,6H2,1-5H3. The SMILES string of the molecule is CCC(C)(O)C#C[Si](C)(C)C. The summed E-state index contributed by atoms with van der Waals surface area (Å²) in [6, 6.07) is 0. The van der Waals surface area contributed by atoms with E-state index in [-0.39, 0.29) is 0 Å². The molecule has 0 radical (unpaired) electrons. The fourth-order valence-corrected chi connectivity index (χ4v) is 1.05. The Hall–Kier alpha value is -0.263. The summed E-state index contributed by atoms with van der Waals surface area (Å²) in [6.45, 7) is 10.2. The van der Waals surface area contributed by atoms with Gasteiger partial charge in [0.15, 0.2) is 0 Å². The molecular formula is C9H18OSi. The van der Waals surface area contributed by atoms with Crippen molar-refractivity contribution in [3.05, 3.63) is 0 Å². The zero-order valence-electron chi connectivity index (χ0n) is 8.15. The van der Waals surface area contributed by atoms with Crippen molar-refractivity contribution in [3.8, 4) is 11.5 Å². The minimum atomic E-state index is -1.30.